The summed E-state index contributed by atoms with van der Waals surface area (Å²) in [4.78, 5) is 0. The van der Waals surface area contributed by atoms with Gasteiger partial charge < -0.3 is 5.32 Å². The molecule has 0 fully saturated rings. The summed E-state index contributed by atoms with van der Waals surface area (Å²) in [6.07, 6.45) is 1.20. The van der Waals surface area contributed by atoms with Gasteiger partial charge in [-0.1, -0.05) is 51.1 Å². The summed E-state index contributed by atoms with van der Waals surface area (Å²) in [6, 6.07) is 10.5. The molecule has 0 atom stereocenters. The normalized spacial score (nSPS) is 8.85. The number of hydrogen-bond acceptors (Lipinski definition) is 1. The lowest BCUT2D eigenvalue weighted by Gasteiger charge is -2.01. The van der Waals surface area contributed by atoms with E-state index in [4.69, 9.17) is 0 Å². The molecule has 1 aromatic rings. The molecule has 1 rings (SSSR count). The highest BCUT2D eigenvalue weighted by Crippen LogP contribution is 1.96. The monoisotopic (exact) mass is 181 g/mol. The summed E-state index contributed by atoms with van der Waals surface area (Å²) in [6.45, 7) is 8.28. The van der Waals surface area contributed by atoms with E-state index in [1.165, 1.54) is 12.0 Å². The topological polar surface area (TPSA) is 12.0 Å². The molecule has 0 bridgehead atoms. The maximum absolute atomic E-state index is 3.35. The lowest BCUT2D eigenvalue weighted by molar-refractivity contribution is 0.675. The summed E-state index contributed by atoms with van der Waals surface area (Å²) in [5.74, 6) is 0. The van der Waals surface area contributed by atoms with Crippen molar-refractivity contribution in [3.63, 3.8) is 0 Å². The Kier molecular flexibility index (Phi) is 8.68. The van der Waals surface area contributed by atoms with E-state index in [-0.39, 0.29) is 1.43 Å². The zero-order valence-electron chi connectivity index (χ0n) is 9.01. The molecule has 0 heterocycles. The van der Waals surface area contributed by atoms with Crippen molar-refractivity contribution >= 4 is 0 Å². The fourth-order valence-electron chi connectivity index (χ4n) is 1.01. The van der Waals surface area contributed by atoms with Crippen molar-refractivity contribution in [2.75, 3.05) is 6.54 Å². The molecular formula is C12H23N. The molecule has 0 aliphatic heterocycles. The molecule has 0 aliphatic carbocycles. The molecule has 0 saturated carbocycles. The van der Waals surface area contributed by atoms with Gasteiger partial charge in [0.2, 0.25) is 0 Å². The van der Waals surface area contributed by atoms with Crippen LogP contribution in [0.25, 0.3) is 0 Å². The van der Waals surface area contributed by atoms with Crippen LogP contribution in [0.2, 0.25) is 0 Å². The largest absolute Gasteiger partial charge is 0.313 e. The van der Waals surface area contributed by atoms with E-state index in [1.807, 2.05) is 19.9 Å². The maximum Gasteiger partial charge on any atom is 0.0205 e. The van der Waals surface area contributed by atoms with Crippen molar-refractivity contribution in [1.29, 1.82) is 0 Å². The average molecular weight is 181 g/mol. The van der Waals surface area contributed by atoms with E-state index in [0.717, 1.165) is 13.1 Å². The van der Waals surface area contributed by atoms with Crippen LogP contribution >= 0.6 is 0 Å². The van der Waals surface area contributed by atoms with Gasteiger partial charge in [-0.2, -0.15) is 0 Å². The zero-order valence-corrected chi connectivity index (χ0v) is 9.01. The van der Waals surface area contributed by atoms with E-state index in [9.17, 15) is 0 Å². The highest BCUT2D eigenvalue weighted by Gasteiger charge is 1.87. The van der Waals surface area contributed by atoms with Crippen LogP contribution in [0.15, 0.2) is 30.3 Å². The Morgan fingerprint density at radius 1 is 1.15 bits per heavy atom. The van der Waals surface area contributed by atoms with Gasteiger partial charge in [0.25, 0.3) is 0 Å². The van der Waals surface area contributed by atoms with Crippen LogP contribution in [-0.4, -0.2) is 6.54 Å². The molecule has 0 aliphatic rings. The fourth-order valence-corrected chi connectivity index (χ4v) is 1.01. The molecule has 0 unspecified atom stereocenters. The second-order valence-electron chi connectivity index (χ2n) is 2.66. The van der Waals surface area contributed by atoms with Crippen molar-refractivity contribution in [2.45, 2.75) is 33.7 Å². The number of nitrogens with one attached hydrogen (secondary N) is 1. The molecule has 76 valence electrons. The van der Waals surface area contributed by atoms with Gasteiger partial charge in [-0.15, -0.1) is 0 Å². The molecule has 0 saturated heterocycles. The third kappa shape index (κ3) is 6.35. The van der Waals surface area contributed by atoms with Crippen LogP contribution in [0, 0.1) is 0 Å². The van der Waals surface area contributed by atoms with Crippen molar-refractivity contribution in [3.8, 4) is 0 Å². The molecule has 0 aromatic heterocycles. The van der Waals surface area contributed by atoms with Crippen molar-refractivity contribution in [2.24, 2.45) is 0 Å². The van der Waals surface area contributed by atoms with Crippen LogP contribution in [0.4, 0.5) is 0 Å². The lowest BCUT2D eigenvalue weighted by atomic mass is 10.2. The Balaban J connectivity index is 0. The third-order valence-corrected chi connectivity index (χ3v) is 1.60. The first-order chi connectivity index (χ1) is 6.43. The lowest BCUT2D eigenvalue weighted by Crippen LogP contribution is -2.13. The van der Waals surface area contributed by atoms with E-state index in [2.05, 4.69) is 36.5 Å². The van der Waals surface area contributed by atoms with Crippen molar-refractivity contribution in [1.82, 2.24) is 5.32 Å². The van der Waals surface area contributed by atoms with Gasteiger partial charge in [0, 0.05) is 7.97 Å². The number of benzene rings is 1. The number of rotatable bonds is 4. The maximum atomic E-state index is 3.35. The standard InChI is InChI=1S/C10H15N.C2H6.H2/c1-2-8-11-9-10-6-4-3-5-7-10;1-2;/h3-7,11H,2,8-9H2,1H3;1-2H3;1H. The molecule has 13 heavy (non-hydrogen) atoms. The predicted octanol–water partition coefficient (Wildman–Crippen LogP) is 3.46. The summed E-state index contributed by atoms with van der Waals surface area (Å²) < 4.78 is 0. The Labute approximate surface area is 83.7 Å². The Morgan fingerprint density at radius 3 is 2.31 bits per heavy atom. The summed E-state index contributed by atoms with van der Waals surface area (Å²) in [5.41, 5.74) is 1.36. The van der Waals surface area contributed by atoms with Gasteiger partial charge in [0.05, 0.1) is 0 Å². The van der Waals surface area contributed by atoms with Crippen LogP contribution in [0.1, 0.15) is 34.2 Å². The van der Waals surface area contributed by atoms with Gasteiger partial charge in [0.15, 0.2) is 0 Å². The molecule has 0 amide bonds. The summed E-state index contributed by atoms with van der Waals surface area (Å²) in [7, 11) is 0. The molecule has 1 N–H and O–H groups in total. The fraction of sp³-hybridized carbons (Fsp3) is 0.500. The SMILES string of the molecule is CC.CCCNCc1ccccc1.[HH]. The first kappa shape index (κ1) is 12.2. The molecular weight excluding hydrogens is 158 g/mol. The third-order valence-electron chi connectivity index (χ3n) is 1.60. The quantitative estimate of drug-likeness (QED) is 0.701. The average Bonchev–Trinajstić information content (AvgIpc) is 2.23. The van der Waals surface area contributed by atoms with Gasteiger partial charge in [-0.25, -0.2) is 0 Å². The van der Waals surface area contributed by atoms with Crippen molar-refractivity contribution in [3.05, 3.63) is 35.9 Å². The summed E-state index contributed by atoms with van der Waals surface area (Å²) >= 11 is 0. The van der Waals surface area contributed by atoms with E-state index < -0.39 is 0 Å². The highest BCUT2D eigenvalue weighted by molar-refractivity contribution is 5.14. The van der Waals surface area contributed by atoms with Gasteiger partial charge in [-0.05, 0) is 18.5 Å². The van der Waals surface area contributed by atoms with Gasteiger partial charge >= 0.3 is 0 Å². The van der Waals surface area contributed by atoms with Gasteiger partial charge in [0.1, 0.15) is 0 Å². The van der Waals surface area contributed by atoms with E-state index in [1.54, 1.807) is 0 Å². The van der Waals surface area contributed by atoms with Crippen LogP contribution in [-0.2, 0) is 6.54 Å². The molecule has 0 radical (unpaired) electrons. The summed E-state index contributed by atoms with van der Waals surface area (Å²) in [5, 5.41) is 3.35. The molecule has 1 aromatic carbocycles. The smallest absolute Gasteiger partial charge is 0.0205 e. The minimum atomic E-state index is 0. The second kappa shape index (κ2) is 9.27. The Hall–Kier alpha value is -0.820. The Bertz CT molecular complexity index is 187. The van der Waals surface area contributed by atoms with Gasteiger partial charge in [-0.3, -0.25) is 0 Å². The minimum Gasteiger partial charge on any atom is -0.313 e. The molecule has 1 heteroatoms. The van der Waals surface area contributed by atoms with Crippen LogP contribution in [0.3, 0.4) is 0 Å². The van der Waals surface area contributed by atoms with E-state index in [0.29, 0.717) is 0 Å². The molecule has 1 nitrogen and oxygen atoms in total. The van der Waals surface area contributed by atoms with Crippen LogP contribution in [0.5, 0.6) is 0 Å². The second-order valence-corrected chi connectivity index (χ2v) is 2.66. The number of hydrogen-bond donors (Lipinski definition) is 1. The van der Waals surface area contributed by atoms with Crippen LogP contribution < -0.4 is 5.32 Å². The predicted molar refractivity (Wildman–Crippen MR) is 61.9 cm³/mol. The zero-order chi connectivity index (χ0) is 9.94. The molecule has 0 spiro atoms. The first-order valence-electron chi connectivity index (χ1n) is 5.18. The van der Waals surface area contributed by atoms with Crippen molar-refractivity contribution < 1.29 is 1.43 Å². The Morgan fingerprint density at radius 2 is 1.77 bits per heavy atom. The highest BCUT2D eigenvalue weighted by atomic mass is 14.8. The first-order valence-corrected chi connectivity index (χ1v) is 5.18. The van der Waals surface area contributed by atoms with E-state index >= 15 is 0 Å². The minimum absolute atomic E-state index is 0.